The first-order chi connectivity index (χ1) is 7.04. The molecule has 0 radical (unpaired) electrons. The van der Waals surface area contributed by atoms with E-state index >= 15 is 0 Å². The zero-order valence-electron chi connectivity index (χ0n) is 8.59. The van der Waals surface area contributed by atoms with Crippen LogP contribution in [0.5, 0.6) is 0 Å². The molecule has 2 unspecified atom stereocenters. The minimum atomic E-state index is -0.202. The number of nitrogens with zero attached hydrogens (tertiary/aromatic N) is 1. The molecule has 1 rings (SSSR count). The molecular formula is C11H12Cl2N2. The van der Waals surface area contributed by atoms with Crippen molar-refractivity contribution in [2.24, 2.45) is 0 Å². The first-order valence-corrected chi connectivity index (χ1v) is 5.40. The summed E-state index contributed by atoms with van der Waals surface area (Å²) in [6.07, 6.45) is 0. The molecule has 0 heterocycles. The van der Waals surface area contributed by atoms with Crippen molar-refractivity contribution in [3.63, 3.8) is 0 Å². The van der Waals surface area contributed by atoms with Crippen LogP contribution in [0.15, 0.2) is 18.2 Å². The van der Waals surface area contributed by atoms with Crippen molar-refractivity contribution < 1.29 is 0 Å². The Morgan fingerprint density at radius 1 is 1.33 bits per heavy atom. The van der Waals surface area contributed by atoms with Gasteiger partial charge in [0, 0.05) is 16.1 Å². The van der Waals surface area contributed by atoms with E-state index in [1.807, 2.05) is 13.0 Å². The second-order valence-corrected chi connectivity index (χ2v) is 4.25. The fraction of sp³-hybridized carbons (Fsp3) is 0.364. The Bertz CT molecular complexity index is 385. The molecule has 2 atom stereocenters. The predicted molar refractivity (Wildman–Crippen MR) is 63.1 cm³/mol. The van der Waals surface area contributed by atoms with Gasteiger partial charge in [-0.2, -0.15) is 5.26 Å². The van der Waals surface area contributed by atoms with Crippen LogP contribution < -0.4 is 5.32 Å². The van der Waals surface area contributed by atoms with Crippen LogP contribution in [-0.2, 0) is 0 Å². The Hall–Kier alpha value is -0.750. The van der Waals surface area contributed by atoms with Crippen LogP contribution in [0.4, 0.5) is 0 Å². The Balaban J connectivity index is 2.83. The van der Waals surface area contributed by atoms with Crippen LogP contribution in [0, 0.1) is 11.3 Å². The van der Waals surface area contributed by atoms with Gasteiger partial charge >= 0.3 is 0 Å². The molecule has 15 heavy (non-hydrogen) atoms. The van der Waals surface area contributed by atoms with Crippen molar-refractivity contribution in [2.75, 3.05) is 0 Å². The zero-order chi connectivity index (χ0) is 11.4. The topological polar surface area (TPSA) is 35.8 Å². The summed E-state index contributed by atoms with van der Waals surface area (Å²) in [6.45, 7) is 3.77. The van der Waals surface area contributed by atoms with E-state index in [0.29, 0.717) is 10.0 Å². The van der Waals surface area contributed by atoms with E-state index in [1.165, 1.54) is 0 Å². The lowest BCUT2D eigenvalue weighted by Crippen LogP contribution is -2.27. The van der Waals surface area contributed by atoms with Crippen LogP contribution in [0.25, 0.3) is 0 Å². The average Bonchev–Trinajstić information content (AvgIpc) is 2.17. The molecule has 0 amide bonds. The predicted octanol–water partition coefficient (Wildman–Crippen LogP) is 3.56. The molecule has 1 aromatic rings. The molecule has 4 heteroatoms. The zero-order valence-corrected chi connectivity index (χ0v) is 10.1. The Labute approximate surface area is 99.8 Å². The molecule has 2 nitrogen and oxygen atoms in total. The average molecular weight is 243 g/mol. The van der Waals surface area contributed by atoms with Crippen molar-refractivity contribution >= 4 is 23.2 Å². The Morgan fingerprint density at radius 2 is 2.00 bits per heavy atom. The summed E-state index contributed by atoms with van der Waals surface area (Å²) in [4.78, 5) is 0. The second kappa shape index (κ2) is 5.37. The van der Waals surface area contributed by atoms with Crippen LogP contribution >= 0.6 is 23.2 Å². The molecule has 0 saturated carbocycles. The van der Waals surface area contributed by atoms with Gasteiger partial charge in [-0.1, -0.05) is 29.3 Å². The van der Waals surface area contributed by atoms with E-state index < -0.39 is 0 Å². The van der Waals surface area contributed by atoms with E-state index in [9.17, 15) is 0 Å². The molecule has 0 fully saturated rings. The highest BCUT2D eigenvalue weighted by molar-refractivity contribution is 6.35. The van der Waals surface area contributed by atoms with Crippen molar-refractivity contribution in [2.45, 2.75) is 25.9 Å². The highest BCUT2D eigenvalue weighted by atomic mass is 35.5. The normalized spacial score (nSPS) is 14.3. The summed E-state index contributed by atoms with van der Waals surface area (Å²) in [5.41, 5.74) is 0.947. The minimum Gasteiger partial charge on any atom is -0.295 e. The lowest BCUT2D eigenvalue weighted by Gasteiger charge is -2.17. The molecule has 0 aliphatic rings. The fourth-order valence-corrected chi connectivity index (χ4v) is 1.93. The molecule has 80 valence electrons. The molecule has 0 aliphatic heterocycles. The molecule has 0 bridgehead atoms. The first kappa shape index (κ1) is 12.3. The molecular weight excluding hydrogens is 231 g/mol. The van der Waals surface area contributed by atoms with Gasteiger partial charge in [-0.25, -0.2) is 0 Å². The van der Waals surface area contributed by atoms with Crippen LogP contribution in [0.3, 0.4) is 0 Å². The van der Waals surface area contributed by atoms with E-state index in [0.717, 1.165) is 5.56 Å². The van der Waals surface area contributed by atoms with Gasteiger partial charge in [0.25, 0.3) is 0 Å². The summed E-state index contributed by atoms with van der Waals surface area (Å²) >= 11 is 11.8. The van der Waals surface area contributed by atoms with E-state index in [2.05, 4.69) is 11.4 Å². The van der Waals surface area contributed by atoms with Gasteiger partial charge in [0.2, 0.25) is 0 Å². The van der Waals surface area contributed by atoms with Crippen LogP contribution in [0.1, 0.15) is 25.5 Å². The van der Waals surface area contributed by atoms with Crippen molar-refractivity contribution in [1.82, 2.24) is 5.32 Å². The van der Waals surface area contributed by atoms with Crippen molar-refractivity contribution in [3.8, 4) is 6.07 Å². The van der Waals surface area contributed by atoms with Gasteiger partial charge < -0.3 is 0 Å². The summed E-state index contributed by atoms with van der Waals surface area (Å²) in [5.74, 6) is 0. The molecule has 1 aromatic carbocycles. The molecule has 0 aliphatic carbocycles. The minimum absolute atomic E-state index is 0.0319. The van der Waals surface area contributed by atoms with Crippen molar-refractivity contribution in [3.05, 3.63) is 33.8 Å². The maximum absolute atomic E-state index is 8.68. The number of hydrogen-bond acceptors (Lipinski definition) is 2. The number of benzene rings is 1. The number of nitrogens with one attached hydrogen (secondary N) is 1. The van der Waals surface area contributed by atoms with Crippen LogP contribution in [0.2, 0.25) is 10.0 Å². The highest BCUT2D eigenvalue weighted by Gasteiger charge is 2.11. The number of nitriles is 1. The molecule has 0 aromatic heterocycles. The number of halogens is 2. The largest absolute Gasteiger partial charge is 0.295 e. The Kier molecular flexibility index (Phi) is 4.41. The highest BCUT2D eigenvalue weighted by Crippen LogP contribution is 2.26. The van der Waals surface area contributed by atoms with E-state index in [1.54, 1.807) is 19.1 Å². The monoisotopic (exact) mass is 242 g/mol. The van der Waals surface area contributed by atoms with Gasteiger partial charge in [-0.05, 0) is 31.5 Å². The Morgan fingerprint density at radius 3 is 2.53 bits per heavy atom. The summed E-state index contributed by atoms with van der Waals surface area (Å²) in [6, 6.07) is 7.31. The van der Waals surface area contributed by atoms with Gasteiger partial charge in [-0.3, -0.25) is 5.32 Å². The summed E-state index contributed by atoms with van der Waals surface area (Å²) < 4.78 is 0. The van der Waals surface area contributed by atoms with Crippen molar-refractivity contribution in [1.29, 1.82) is 5.26 Å². The van der Waals surface area contributed by atoms with Gasteiger partial charge in [0.05, 0.1) is 12.1 Å². The molecule has 1 N–H and O–H groups in total. The summed E-state index contributed by atoms with van der Waals surface area (Å²) in [5, 5.41) is 13.0. The summed E-state index contributed by atoms with van der Waals surface area (Å²) in [7, 11) is 0. The standard InChI is InChI=1S/C11H12Cl2N2/c1-7(6-14)15-8(2)10-4-3-9(12)5-11(10)13/h3-5,7-8,15H,1-2H3. The first-order valence-electron chi connectivity index (χ1n) is 4.65. The number of rotatable bonds is 3. The van der Waals surface area contributed by atoms with E-state index in [-0.39, 0.29) is 12.1 Å². The third kappa shape index (κ3) is 3.39. The van der Waals surface area contributed by atoms with Crippen LogP contribution in [-0.4, -0.2) is 6.04 Å². The lowest BCUT2D eigenvalue weighted by atomic mass is 10.1. The maximum atomic E-state index is 8.68. The fourth-order valence-electron chi connectivity index (χ4n) is 1.35. The molecule has 0 saturated heterocycles. The number of hydrogen-bond donors (Lipinski definition) is 1. The van der Waals surface area contributed by atoms with E-state index in [4.69, 9.17) is 28.5 Å². The van der Waals surface area contributed by atoms with Gasteiger partial charge in [0.15, 0.2) is 0 Å². The third-order valence-corrected chi connectivity index (χ3v) is 2.69. The lowest BCUT2D eigenvalue weighted by molar-refractivity contribution is 0.543. The quantitative estimate of drug-likeness (QED) is 0.880. The van der Waals surface area contributed by atoms with Gasteiger partial charge in [-0.15, -0.1) is 0 Å². The molecule has 0 spiro atoms. The second-order valence-electron chi connectivity index (χ2n) is 3.40. The third-order valence-electron chi connectivity index (χ3n) is 2.12. The van der Waals surface area contributed by atoms with Gasteiger partial charge in [0.1, 0.15) is 0 Å². The maximum Gasteiger partial charge on any atom is 0.0929 e. The SMILES string of the molecule is CC(C#N)NC(C)c1ccc(Cl)cc1Cl. The smallest absolute Gasteiger partial charge is 0.0929 e.